The van der Waals surface area contributed by atoms with Crippen LogP contribution in [0.3, 0.4) is 0 Å². The SMILES string of the molecule is CCc1ccc(C(C)CCc2ccccc2S(=O)(=O)[O-])cc1.C[NH+](C)CCC(c1ccc(Cl)cc1)c1ccccn1. The molecule has 1 N–H and O–H groups in total. The van der Waals surface area contributed by atoms with Gasteiger partial charge in [-0.05, 0) is 77.8 Å². The van der Waals surface area contributed by atoms with E-state index in [-0.39, 0.29) is 4.90 Å². The molecule has 3 aromatic carbocycles. The van der Waals surface area contributed by atoms with Gasteiger partial charge in [0.2, 0.25) is 0 Å². The van der Waals surface area contributed by atoms with Crippen LogP contribution in [0.25, 0.3) is 0 Å². The standard InChI is InChI=1S/C18H22O3S.C16H19ClN2/c1-3-15-9-12-16(13-10-15)14(2)8-11-17-6-4-5-7-18(17)22(19,20)21;1-19(2)12-10-15(16-5-3-4-11-18-16)13-6-8-14(17)9-7-13/h4-7,9-10,12-14H,3,8,11H2,1-2H3,(H,19,20,21);3-9,11,15H,10,12H2,1-2H3. The maximum atomic E-state index is 11.3. The third kappa shape index (κ3) is 10.4. The van der Waals surface area contributed by atoms with Crippen molar-refractivity contribution in [1.82, 2.24) is 4.98 Å². The summed E-state index contributed by atoms with van der Waals surface area (Å²) in [5, 5.41) is 0.779. The van der Waals surface area contributed by atoms with Crippen LogP contribution in [0.2, 0.25) is 5.02 Å². The van der Waals surface area contributed by atoms with Gasteiger partial charge in [-0.2, -0.15) is 0 Å². The molecule has 0 amide bonds. The Labute approximate surface area is 251 Å². The van der Waals surface area contributed by atoms with Crippen molar-refractivity contribution in [2.24, 2.45) is 0 Å². The number of nitrogens with zero attached hydrogens (tertiary/aromatic N) is 1. The summed E-state index contributed by atoms with van der Waals surface area (Å²) in [6.45, 7) is 5.36. The van der Waals surface area contributed by atoms with Gasteiger partial charge in [0.1, 0.15) is 10.1 Å². The van der Waals surface area contributed by atoms with Crippen molar-refractivity contribution in [3.63, 3.8) is 0 Å². The lowest BCUT2D eigenvalue weighted by Crippen LogP contribution is -3.05. The molecule has 41 heavy (non-hydrogen) atoms. The van der Waals surface area contributed by atoms with E-state index >= 15 is 0 Å². The molecule has 0 aliphatic rings. The fourth-order valence-electron chi connectivity index (χ4n) is 4.77. The van der Waals surface area contributed by atoms with Gasteiger partial charge in [-0.25, -0.2) is 8.42 Å². The fourth-order valence-corrected chi connectivity index (χ4v) is 5.63. The smallest absolute Gasteiger partial charge is 0.124 e. The number of quaternary nitrogens is 1. The number of aryl methyl sites for hydroxylation is 2. The molecule has 0 bridgehead atoms. The zero-order valence-corrected chi connectivity index (χ0v) is 26.0. The van der Waals surface area contributed by atoms with Crippen LogP contribution >= 0.6 is 11.6 Å². The number of pyridine rings is 1. The van der Waals surface area contributed by atoms with Gasteiger partial charge in [-0.1, -0.05) is 86.1 Å². The highest BCUT2D eigenvalue weighted by Gasteiger charge is 2.16. The normalized spacial score (nSPS) is 12.9. The van der Waals surface area contributed by atoms with Crippen LogP contribution in [0.4, 0.5) is 0 Å². The summed E-state index contributed by atoms with van der Waals surface area (Å²) in [5.74, 6) is 0.654. The summed E-state index contributed by atoms with van der Waals surface area (Å²) >= 11 is 5.97. The highest BCUT2D eigenvalue weighted by Crippen LogP contribution is 2.27. The number of hydrogen-bond acceptors (Lipinski definition) is 4. The minimum absolute atomic E-state index is 0.0940. The van der Waals surface area contributed by atoms with Gasteiger partial charge in [0.15, 0.2) is 0 Å². The molecule has 0 saturated heterocycles. The van der Waals surface area contributed by atoms with E-state index in [1.807, 2.05) is 30.5 Å². The molecule has 0 aliphatic carbocycles. The van der Waals surface area contributed by atoms with E-state index in [0.717, 1.165) is 36.5 Å². The zero-order valence-electron chi connectivity index (χ0n) is 24.4. The minimum atomic E-state index is -4.41. The van der Waals surface area contributed by atoms with E-state index in [1.165, 1.54) is 27.7 Å². The van der Waals surface area contributed by atoms with E-state index < -0.39 is 10.1 Å². The molecule has 1 heterocycles. The molecule has 5 nitrogen and oxygen atoms in total. The van der Waals surface area contributed by atoms with Crippen LogP contribution in [0.5, 0.6) is 0 Å². The Kier molecular flexibility index (Phi) is 12.5. The van der Waals surface area contributed by atoms with Crippen molar-refractivity contribution in [2.75, 3.05) is 20.6 Å². The predicted molar refractivity (Wildman–Crippen MR) is 167 cm³/mol. The van der Waals surface area contributed by atoms with Crippen molar-refractivity contribution >= 4 is 21.7 Å². The largest absolute Gasteiger partial charge is 0.744 e. The maximum Gasteiger partial charge on any atom is 0.124 e. The minimum Gasteiger partial charge on any atom is -0.744 e. The molecule has 0 spiro atoms. The number of benzene rings is 3. The zero-order chi connectivity index (χ0) is 29.8. The second-order valence-corrected chi connectivity index (χ2v) is 12.5. The summed E-state index contributed by atoms with van der Waals surface area (Å²) in [6, 6.07) is 29.2. The lowest BCUT2D eigenvalue weighted by Gasteiger charge is -2.18. The molecule has 0 radical (unpaired) electrons. The van der Waals surface area contributed by atoms with Crippen molar-refractivity contribution < 1.29 is 17.9 Å². The Morgan fingerprint density at radius 2 is 1.49 bits per heavy atom. The van der Waals surface area contributed by atoms with E-state index in [1.54, 1.807) is 18.2 Å². The van der Waals surface area contributed by atoms with E-state index in [0.29, 0.717) is 23.8 Å². The van der Waals surface area contributed by atoms with Crippen LogP contribution in [0.1, 0.15) is 66.5 Å². The lowest BCUT2D eigenvalue weighted by molar-refractivity contribution is -0.858. The van der Waals surface area contributed by atoms with Gasteiger partial charge < -0.3 is 9.45 Å². The Bertz CT molecular complexity index is 1440. The molecule has 7 heteroatoms. The highest BCUT2D eigenvalue weighted by molar-refractivity contribution is 7.85. The molecule has 0 saturated carbocycles. The first-order valence-electron chi connectivity index (χ1n) is 14.2. The van der Waals surface area contributed by atoms with Gasteiger partial charge in [0, 0.05) is 29.3 Å². The maximum absolute atomic E-state index is 11.3. The number of rotatable bonds is 11. The van der Waals surface area contributed by atoms with Crippen molar-refractivity contribution in [3.05, 3.63) is 130 Å². The van der Waals surface area contributed by atoms with E-state index in [4.69, 9.17) is 11.6 Å². The first-order valence-corrected chi connectivity index (χ1v) is 15.9. The summed E-state index contributed by atoms with van der Waals surface area (Å²) in [5.41, 5.74) is 5.56. The summed E-state index contributed by atoms with van der Waals surface area (Å²) in [6.07, 6.45) is 5.34. The number of nitrogens with one attached hydrogen (secondary N) is 1. The van der Waals surface area contributed by atoms with E-state index in [9.17, 15) is 13.0 Å². The quantitative estimate of drug-likeness (QED) is 0.208. The second-order valence-electron chi connectivity index (χ2n) is 10.7. The third-order valence-electron chi connectivity index (χ3n) is 7.30. The van der Waals surface area contributed by atoms with Crippen LogP contribution in [0.15, 0.2) is 102 Å². The molecule has 4 aromatic rings. The van der Waals surface area contributed by atoms with Gasteiger partial charge in [-0.15, -0.1) is 0 Å². The third-order valence-corrected chi connectivity index (χ3v) is 8.48. The number of halogens is 1. The molecule has 0 aliphatic heterocycles. The molecule has 0 fully saturated rings. The lowest BCUT2D eigenvalue weighted by atomic mass is 9.92. The summed E-state index contributed by atoms with van der Waals surface area (Å²) < 4.78 is 33.9. The first-order chi connectivity index (χ1) is 19.6. The van der Waals surface area contributed by atoms with E-state index in [2.05, 4.69) is 75.4 Å². The van der Waals surface area contributed by atoms with Crippen LogP contribution in [-0.4, -0.2) is 38.6 Å². The number of hydrogen-bond donors (Lipinski definition) is 1. The Hall–Kier alpha value is -3.03. The molecule has 4 rings (SSSR count). The predicted octanol–water partition coefficient (Wildman–Crippen LogP) is 6.29. The number of aromatic nitrogens is 1. The van der Waals surface area contributed by atoms with Gasteiger partial charge in [0.25, 0.3) is 0 Å². The van der Waals surface area contributed by atoms with Gasteiger partial charge in [0.05, 0.1) is 25.5 Å². The van der Waals surface area contributed by atoms with Crippen LogP contribution in [-0.2, 0) is 23.0 Å². The molecular weight excluding hydrogens is 552 g/mol. The van der Waals surface area contributed by atoms with Gasteiger partial charge >= 0.3 is 0 Å². The van der Waals surface area contributed by atoms with Crippen molar-refractivity contribution in [2.45, 2.75) is 56.3 Å². The van der Waals surface area contributed by atoms with Crippen LogP contribution < -0.4 is 4.90 Å². The molecule has 1 aromatic heterocycles. The van der Waals surface area contributed by atoms with Gasteiger partial charge in [-0.3, -0.25) is 4.98 Å². The average Bonchev–Trinajstić information content (AvgIpc) is 2.97. The molecule has 218 valence electrons. The molecular formula is C34H41ClN2O3S. The Morgan fingerprint density at radius 1 is 0.854 bits per heavy atom. The topological polar surface area (TPSA) is 74.5 Å². The monoisotopic (exact) mass is 592 g/mol. The first kappa shape index (κ1) is 32.5. The molecule has 2 unspecified atom stereocenters. The Morgan fingerprint density at radius 3 is 2.07 bits per heavy atom. The molecule has 2 atom stereocenters. The average molecular weight is 593 g/mol. The highest BCUT2D eigenvalue weighted by atomic mass is 35.5. The Balaban J connectivity index is 0.000000228. The van der Waals surface area contributed by atoms with Crippen LogP contribution in [0, 0.1) is 0 Å². The summed E-state index contributed by atoms with van der Waals surface area (Å²) in [4.78, 5) is 5.87. The fraction of sp³-hybridized carbons (Fsp3) is 0.324. The van der Waals surface area contributed by atoms with Crippen molar-refractivity contribution in [1.29, 1.82) is 0 Å². The second kappa shape index (κ2) is 15.8. The summed E-state index contributed by atoms with van der Waals surface area (Å²) in [7, 11) is -0.0492. The van der Waals surface area contributed by atoms with Crippen molar-refractivity contribution in [3.8, 4) is 0 Å².